The van der Waals surface area contributed by atoms with Crippen LogP contribution in [0.5, 0.6) is 0 Å². The van der Waals surface area contributed by atoms with Crippen LogP contribution < -0.4 is 10.6 Å². The molecule has 0 bridgehead atoms. The van der Waals surface area contributed by atoms with Gasteiger partial charge in [-0.05, 0) is 36.6 Å². The summed E-state index contributed by atoms with van der Waals surface area (Å²) in [5.74, 6) is 0.520. The van der Waals surface area contributed by atoms with Crippen LogP contribution in [0.1, 0.15) is 12.0 Å². The zero-order valence-electron chi connectivity index (χ0n) is 13.9. The number of fused-ring (bicyclic) bond motifs is 1. The Bertz CT molecular complexity index is 815. The van der Waals surface area contributed by atoms with Crippen LogP contribution in [0.25, 0.3) is 10.9 Å². The lowest BCUT2D eigenvalue weighted by molar-refractivity contribution is 0.598. The van der Waals surface area contributed by atoms with E-state index in [1.165, 1.54) is 18.4 Å². The van der Waals surface area contributed by atoms with Crippen molar-refractivity contribution in [1.82, 2.24) is 15.6 Å². The molecule has 3 N–H and O–H groups in total. The minimum atomic E-state index is -2.93. The number of rotatable bonds is 7. The van der Waals surface area contributed by atoms with Gasteiger partial charge in [-0.3, -0.25) is 4.99 Å². The van der Waals surface area contributed by atoms with Gasteiger partial charge >= 0.3 is 0 Å². The average molecular weight is 354 g/mol. The van der Waals surface area contributed by atoms with Gasteiger partial charge in [0.15, 0.2) is 5.96 Å². The molecule has 2 rings (SSSR count). The first-order valence-corrected chi connectivity index (χ1v) is 9.83. The van der Waals surface area contributed by atoms with Crippen molar-refractivity contribution in [3.8, 4) is 0 Å². The highest BCUT2D eigenvalue weighted by molar-refractivity contribution is 7.90. The molecule has 0 aliphatic carbocycles. The maximum absolute atomic E-state index is 13.4. The van der Waals surface area contributed by atoms with E-state index in [0.29, 0.717) is 31.9 Å². The van der Waals surface area contributed by atoms with E-state index in [9.17, 15) is 12.8 Å². The molecule has 1 heterocycles. The summed E-state index contributed by atoms with van der Waals surface area (Å²) < 4.78 is 35.5. The molecule has 0 spiro atoms. The number of aliphatic imine (C=N–C) groups is 1. The number of nitrogens with zero attached hydrogens (tertiary/aromatic N) is 1. The molecule has 0 atom stereocenters. The van der Waals surface area contributed by atoms with Crippen LogP contribution in [-0.4, -0.2) is 51.5 Å². The summed E-state index contributed by atoms with van der Waals surface area (Å²) in [5.41, 5.74) is 1.94. The average Bonchev–Trinajstić information content (AvgIpc) is 2.91. The molecule has 1 aromatic carbocycles. The molecule has 0 saturated carbocycles. The number of hydrogen-bond acceptors (Lipinski definition) is 3. The summed E-state index contributed by atoms with van der Waals surface area (Å²) in [7, 11) is -1.27. The number of H-pyrrole nitrogens is 1. The van der Waals surface area contributed by atoms with E-state index in [1.807, 2.05) is 6.20 Å². The molecule has 8 heteroatoms. The fourth-order valence-electron chi connectivity index (χ4n) is 2.43. The molecule has 132 valence electrons. The zero-order valence-corrected chi connectivity index (χ0v) is 14.7. The van der Waals surface area contributed by atoms with Gasteiger partial charge in [0.25, 0.3) is 0 Å². The van der Waals surface area contributed by atoms with E-state index in [4.69, 9.17) is 0 Å². The van der Waals surface area contributed by atoms with E-state index < -0.39 is 9.84 Å². The molecule has 2 aromatic rings. The van der Waals surface area contributed by atoms with E-state index in [2.05, 4.69) is 20.6 Å². The third-order valence-electron chi connectivity index (χ3n) is 3.62. The minimum absolute atomic E-state index is 0.151. The first-order chi connectivity index (χ1) is 11.4. The quantitative estimate of drug-likeness (QED) is 0.399. The van der Waals surface area contributed by atoms with Gasteiger partial charge < -0.3 is 15.6 Å². The highest BCUT2D eigenvalue weighted by atomic mass is 32.2. The van der Waals surface area contributed by atoms with Crippen LogP contribution in [0.2, 0.25) is 0 Å². The monoisotopic (exact) mass is 354 g/mol. The van der Waals surface area contributed by atoms with Crippen LogP contribution in [0.15, 0.2) is 29.4 Å². The summed E-state index contributed by atoms with van der Waals surface area (Å²) in [6.45, 7) is 1.17. The van der Waals surface area contributed by atoms with Gasteiger partial charge in [-0.25, -0.2) is 12.8 Å². The number of sulfone groups is 1. The van der Waals surface area contributed by atoms with Crippen molar-refractivity contribution in [3.05, 3.63) is 35.8 Å². The Kier molecular flexibility index (Phi) is 6.19. The Morgan fingerprint density at radius 2 is 2.04 bits per heavy atom. The second kappa shape index (κ2) is 8.14. The van der Waals surface area contributed by atoms with E-state index in [0.717, 1.165) is 16.5 Å². The van der Waals surface area contributed by atoms with Crippen molar-refractivity contribution >= 4 is 26.7 Å². The molecule has 0 aliphatic heterocycles. The smallest absolute Gasteiger partial charge is 0.190 e. The van der Waals surface area contributed by atoms with E-state index >= 15 is 0 Å². The van der Waals surface area contributed by atoms with E-state index in [1.54, 1.807) is 13.1 Å². The first kappa shape index (κ1) is 18.3. The van der Waals surface area contributed by atoms with Gasteiger partial charge in [-0.15, -0.1) is 0 Å². The maximum Gasteiger partial charge on any atom is 0.190 e. The van der Waals surface area contributed by atoms with Crippen LogP contribution in [0.4, 0.5) is 4.39 Å². The Hall–Kier alpha value is -2.09. The third-order valence-corrected chi connectivity index (χ3v) is 4.65. The van der Waals surface area contributed by atoms with Crippen LogP contribution in [-0.2, 0) is 16.3 Å². The van der Waals surface area contributed by atoms with Crippen LogP contribution in [0.3, 0.4) is 0 Å². The summed E-state index contributed by atoms with van der Waals surface area (Å²) in [6.07, 6.45) is 4.35. The molecule has 0 fully saturated rings. The molecule has 0 amide bonds. The molecule has 0 unspecified atom stereocenters. The topological polar surface area (TPSA) is 86.3 Å². The standard InChI is InChI=1S/C16H23FN4O2S/c1-18-16(19-7-3-9-24(2,22)23)20-8-6-12-11-21-15-5-4-13(17)10-14(12)15/h4-5,10-11,21H,3,6-9H2,1-2H3,(H2,18,19,20). The van der Waals surface area contributed by atoms with Crippen molar-refractivity contribution in [3.63, 3.8) is 0 Å². The highest BCUT2D eigenvalue weighted by Crippen LogP contribution is 2.19. The fourth-order valence-corrected chi connectivity index (χ4v) is 3.10. The minimum Gasteiger partial charge on any atom is -0.361 e. The largest absolute Gasteiger partial charge is 0.361 e. The lowest BCUT2D eigenvalue weighted by Crippen LogP contribution is -2.39. The second-order valence-corrected chi connectivity index (χ2v) is 7.92. The summed E-state index contributed by atoms with van der Waals surface area (Å²) in [5, 5.41) is 7.12. The van der Waals surface area contributed by atoms with Crippen molar-refractivity contribution in [1.29, 1.82) is 0 Å². The van der Waals surface area contributed by atoms with Gasteiger partial charge in [0.2, 0.25) is 0 Å². The Morgan fingerprint density at radius 1 is 1.29 bits per heavy atom. The predicted octanol–water partition coefficient (Wildman–Crippen LogP) is 1.45. The van der Waals surface area contributed by atoms with Crippen molar-refractivity contribution in [2.75, 3.05) is 32.1 Å². The number of aromatic nitrogens is 1. The Morgan fingerprint density at radius 3 is 2.75 bits per heavy atom. The summed E-state index contributed by atoms with van der Waals surface area (Å²) >= 11 is 0. The number of guanidine groups is 1. The maximum atomic E-state index is 13.4. The molecule has 0 radical (unpaired) electrons. The molecule has 0 saturated heterocycles. The Labute approximate surface area is 141 Å². The number of nitrogens with one attached hydrogen (secondary N) is 3. The SMILES string of the molecule is CN=C(NCCCS(C)(=O)=O)NCCc1c[nH]c2ccc(F)cc12. The van der Waals surface area contributed by atoms with Crippen LogP contribution in [0, 0.1) is 5.82 Å². The van der Waals surface area contributed by atoms with Gasteiger partial charge in [0.1, 0.15) is 15.7 Å². The van der Waals surface area contributed by atoms with Gasteiger partial charge in [-0.2, -0.15) is 0 Å². The highest BCUT2D eigenvalue weighted by Gasteiger charge is 2.06. The summed E-state index contributed by atoms with van der Waals surface area (Å²) in [4.78, 5) is 7.22. The number of halogens is 1. The first-order valence-electron chi connectivity index (χ1n) is 7.77. The lowest BCUT2D eigenvalue weighted by atomic mass is 10.1. The van der Waals surface area contributed by atoms with E-state index in [-0.39, 0.29) is 11.6 Å². The number of hydrogen-bond donors (Lipinski definition) is 3. The Balaban J connectivity index is 1.80. The van der Waals surface area contributed by atoms with Gasteiger partial charge in [0, 0.05) is 43.5 Å². The molecule has 0 aliphatic rings. The normalized spacial score (nSPS) is 12.5. The molecule has 24 heavy (non-hydrogen) atoms. The van der Waals surface area contributed by atoms with Crippen LogP contribution >= 0.6 is 0 Å². The number of aromatic amines is 1. The lowest BCUT2D eigenvalue weighted by Gasteiger charge is -2.11. The fraction of sp³-hybridized carbons (Fsp3) is 0.438. The van der Waals surface area contributed by atoms with Crippen molar-refractivity contribution in [2.45, 2.75) is 12.8 Å². The zero-order chi connectivity index (χ0) is 17.6. The van der Waals surface area contributed by atoms with Crippen molar-refractivity contribution in [2.24, 2.45) is 4.99 Å². The van der Waals surface area contributed by atoms with Gasteiger partial charge in [-0.1, -0.05) is 0 Å². The predicted molar refractivity (Wildman–Crippen MR) is 95.7 cm³/mol. The molecular weight excluding hydrogens is 331 g/mol. The second-order valence-electron chi connectivity index (χ2n) is 5.66. The third kappa shape index (κ3) is 5.52. The molecule has 1 aromatic heterocycles. The summed E-state index contributed by atoms with van der Waals surface area (Å²) in [6, 6.07) is 4.69. The van der Waals surface area contributed by atoms with Crippen molar-refractivity contribution < 1.29 is 12.8 Å². The van der Waals surface area contributed by atoms with Gasteiger partial charge in [0.05, 0.1) is 5.75 Å². The number of benzene rings is 1. The molecule has 6 nitrogen and oxygen atoms in total. The molecular formula is C16H23FN4O2S.